The monoisotopic (exact) mass is 224 g/mol. The summed E-state index contributed by atoms with van der Waals surface area (Å²) in [7, 11) is 0. The van der Waals surface area contributed by atoms with E-state index >= 15 is 0 Å². The summed E-state index contributed by atoms with van der Waals surface area (Å²) in [5, 5.41) is 0.753. The third-order valence-corrected chi connectivity index (χ3v) is 3.30. The van der Waals surface area contributed by atoms with Crippen LogP contribution in [-0.2, 0) is 0 Å². The molecule has 0 N–H and O–H groups in total. The molecular formula is C13H17ClO. The highest BCUT2D eigenvalue weighted by molar-refractivity contribution is 6.30. The van der Waals surface area contributed by atoms with E-state index in [0.717, 1.165) is 23.8 Å². The van der Waals surface area contributed by atoms with Gasteiger partial charge in [-0.05, 0) is 35.4 Å². The molecule has 1 aromatic rings. The average molecular weight is 225 g/mol. The second-order valence-electron chi connectivity index (χ2n) is 5.24. The fourth-order valence-electron chi connectivity index (χ4n) is 2.26. The molecule has 0 spiro atoms. The van der Waals surface area contributed by atoms with E-state index in [2.05, 4.69) is 26.8 Å². The van der Waals surface area contributed by atoms with Gasteiger partial charge in [-0.1, -0.05) is 38.4 Å². The van der Waals surface area contributed by atoms with Gasteiger partial charge in [0.2, 0.25) is 0 Å². The molecule has 0 radical (unpaired) electrons. The van der Waals surface area contributed by atoms with Crippen molar-refractivity contribution in [1.82, 2.24) is 0 Å². The smallest absolute Gasteiger partial charge is 0.124 e. The number of hydrogen-bond acceptors (Lipinski definition) is 1. The highest BCUT2D eigenvalue weighted by Gasteiger charge is 2.31. The van der Waals surface area contributed by atoms with E-state index in [0.29, 0.717) is 5.92 Å². The van der Waals surface area contributed by atoms with Gasteiger partial charge in [0.1, 0.15) is 5.75 Å². The second kappa shape index (κ2) is 3.71. The van der Waals surface area contributed by atoms with Gasteiger partial charge in [0.15, 0.2) is 0 Å². The molecule has 0 aliphatic carbocycles. The molecule has 15 heavy (non-hydrogen) atoms. The van der Waals surface area contributed by atoms with Gasteiger partial charge in [-0.25, -0.2) is 0 Å². The number of ether oxygens (including phenoxy) is 1. The fraction of sp³-hybridized carbons (Fsp3) is 0.538. The van der Waals surface area contributed by atoms with Gasteiger partial charge in [0.25, 0.3) is 0 Å². The van der Waals surface area contributed by atoms with Gasteiger partial charge < -0.3 is 4.74 Å². The van der Waals surface area contributed by atoms with Gasteiger partial charge in [-0.15, -0.1) is 0 Å². The van der Waals surface area contributed by atoms with Gasteiger partial charge in [0.05, 0.1) is 6.61 Å². The number of hydrogen-bond donors (Lipinski definition) is 0. The topological polar surface area (TPSA) is 9.23 Å². The number of benzene rings is 1. The first-order valence-electron chi connectivity index (χ1n) is 5.41. The molecule has 1 heterocycles. The largest absolute Gasteiger partial charge is 0.493 e. The van der Waals surface area contributed by atoms with Crippen LogP contribution in [0.25, 0.3) is 0 Å². The molecule has 1 nitrogen and oxygen atoms in total. The predicted molar refractivity (Wildman–Crippen MR) is 63.8 cm³/mol. The normalized spacial score (nSPS) is 20.7. The summed E-state index contributed by atoms with van der Waals surface area (Å²) in [5.74, 6) is 1.53. The highest BCUT2D eigenvalue weighted by atomic mass is 35.5. The molecule has 0 saturated carbocycles. The summed E-state index contributed by atoms with van der Waals surface area (Å²) >= 11 is 5.96. The summed E-state index contributed by atoms with van der Waals surface area (Å²) in [6.07, 6.45) is 1.10. The molecule has 1 atom stereocenters. The second-order valence-corrected chi connectivity index (χ2v) is 5.67. The molecule has 1 unspecified atom stereocenters. The van der Waals surface area contributed by atoms with E-state index in [1.54, 1.807) is 0 Å². The Balaban J connectivity index is 2.43. The van der Waals surface area contributed by atoms with E-state index in [9.17, 15) is 0 Å². The zero-order chi connectivity index (χ0) is 11.1. The molecule has 1 aromatic carbocycles. The minimum absolute atomic E-state index is 0.284. The molecule has 1 aliphatic rings. The lowest BCUT2D eigenvalue weighted by molar-refractivity contribution is 0.204. The van der Waals surface area contributed by atoms with E-state index in [-0.39, 0.29) is 5.41 Å². The Morgan fingerprint density at radius 3 is 2.73 bits per heavy atom. The quantitative estimate of drug-likeness (QED) is 0.640. The summed E-state index contributed by atoms with van der Waals surface area (Å²) in [5.41, 5.74) is 1.59. The van der Waals surface area contributed by atoms with Gasteiger partial charge in [-0.3, -0.25) is 0 Å². The number of rotatable bonds is 0. The maximum absolute atomic E-state index is 5.96. The van der Waals surface area contributed by atoms with Crippen LogP contribution in [0.1, 0.15) is 38.7 Å². The van der Waals surface area contributed by atoms with Crippen molar-refractivity contribution in [2.45, 2.75) is 33.1 Å². The number of halogens is 1. The third kappa shape index (κ3) is 2.12. The average Bonchev–Trinajstić information content (AvgIpc) is 2.15. The third-order valence-electron chi connectivity index (χ3n) is 3.06. The van der Waals surface area contributed by atoms with Crippen LogP contribution in [0.2, 0.25) is 5.02 Å². The lowest BCUT2D eigenvalue weighted by atomic mass is 9.74. The van der Waals surface area contributed by atoms with Crippen LogP contribution in [-0.4, -0.2) is 6.61 Å². The molecule has 0 aromatic heterocycles. The summed E-state index contributed by atoms with van der Waals surface area (Å²) in [4.78, 5) is 0. The first kappa shape index (κ1) is 10.8. The molecule has 1 aliphatic heterocycles. The van der Waals surface area contributed by atoms with Crippen molar-refractivity contribution >= 4 is 11.6 Å². The van der Waals surface area contributed by atoms with Crippen molar-refractivity contribution in [3.8, 4) is 5.75 Å². The van der Waals surface area contributed by atoms with Crippen LogP contribution in [0.15, 0.2) is 18.2 Å². The van der Waals surface area contributed by atoms with Crippen molar-refractivity contribution in [3.63, 3.8) is 0 Å². The maximum atomic E-state index is 5.96. The molecular weight excluding hydrogens is 208 g/mol. The van der Waals surface area contributed by atoms with Gasteiger partial charge in [-0.2, -0.15) is 0 Å². The Labute approximate surface area is 96.4 Å². The Hall–Kier alpha value is -0.690. The van der Waals surface area contributed by atoms with E-state index in [4.69, 9.17) is 16.3 Å². The lowest BCUT2D eigenvalue weighted by Gasteiger charge is -2.35. The van der Waals surface area contributed by atoms with Gasteiger partial charge >= 0.3 is 0 Å². The van der Waals surface area contributed by atoms with Crippen molar-refractivity contribution in [1.29, 1.82) is 0 Å². The Kier molecular flexibility index (Phi) is 2.68. The van der Waals surface area contributed by atoms with Crippen LogP contribution >= 0.6 is 11.6 Å². The van der Waals surface area contributed by atoms with Crippen molar-refractivity contribution < 1.29 is 4.74 Å². The first-order chi connectivity index (χ1) is 6.98. The molecule has 0 amide bonds. The lowest BCUT2D eigenvalue weighted by Crippen LogP contribution is -2.25. The molecule has 0 fully saturated rings. The molecule has 0 saturated heterocycles. The standard InChI is InChI=1S/C13H17ClO/c1-13(2,3)11-6-7-15-12-8-9(14)4-5-10(11)12/h4-5,8,11H,6-7H2,1-3H3. The van der Waals surface area contributed by atoms with Crippen molar-refractivity contribution in [3.05, 3.63) is 28.8 Å². The Morgan fingerprint density at radius 2 is 2.07 bits per heavy atom. The van der Waals surface area contributed by atoms with E-state index in [1.807, 2.05) is 12.1 Å². The number of fused-ring (bicyclic) bond motifs is 1. The van der Waals surface area contributed by atoms with Crippen LogP contribution in [0, 0.1) is 5.41 Å². The van der Waals surface area contributed by atoms with Crippen LogP contribution in [0.3, 0.4) is 0 Å². The summed E-state index contributed by atoms with van der Waals surface area (Å²) in [6.45, 7) is 7.64. The van der Waals surface area contributed by atoms with Gasteiger partial charge in [0, 0.05) is 5.02 Å². The summed E-state index contributed by atoms with van der Waals surface area (Å²) < 4.78 is 5.65. The SMILES string of the molecule is CC(C)(C)C1CCOc2cc(Cl)ccc21. The van der Waals surface area contributed by atoms with E-state index < -0.39 is 0 Å². The van der Waals surface area contributed by atoms with Crippen LogP contribution in [0.5, 0.6) is 5.75 Å². The zero-order valence-corrected chi connectivity index (χ0v) is 10.3. The first-order valence-corrected chi connectivity index (χ1v) is 5.78. The van der Waals surface area contributed by atoms with Crippen LogP contribution in [0.4, 0.5) is 0 Å². The molecule has 2 heteroatoms. The molecule has 0 bridgehead atoms. The van der Waals surface area contributed by atoms with Crippen LogP contribution < -0.4 is 4.74 Å². The molecule has 2 rings (SSSR count). The van der Waals surface area contributed by atoms with E-state index in [1.165, 1.54) is 5.56 Å². The van der Waals surface area contributed by atoms with Crippen molar-refractivity contribution in [2.75, 3.05) is 6.61 Å². The van der Waals surface area contributed by atoms with Crippen molar-refractivity contribution in [2.24, 2.45) is 5.41 Å². The Morgan fingerprint density at radius 1 is 1.33 bits per heavy atom. The Bertz CT molecular complexity index is 365. The summed E-state index contributed by atoms with van der Waals surface area (Å²) in [6, 6.07) is 5.98. The maximum Gasteiger partial charge on any atom is 0.124 e. The highest BCUT2D eigenvalue weighted by Crippen LogP contribution is 2.44. The zero-order valence-electron chi connectivity index (χ0n) is 9.51. The molecule has 82 valence electrons. The minimum atomic E-state index is 0.284. The predicted octanol–water partition coefficient (Wildman–Crippen LogP) is 4.25. The fourth-order valence-corrected chi connectivity index (χ4v) is 2.42. The minimum Gasteiger partial charge on any atom is -0.493 e.